The molecule has 1 aromatic heterocycles. The fourth-order valence-electron chi connectivity index (χ4n) is 5.05. The minimum Gasteiger partial charge on any atom is -0.378 e. The zero-order valence-corrected chi connectivity index (χ0v) is 22.6. The van der Waals surface area contributed by atoms with E-state index in [1.165, 1.54) is 49.9 Å². The van der Waals surface area contributed by atoms with Crippen molar-refractivity contribution in [3.05, 3.63) is 93.8 Å². The molecule has 0 atom stereocenters. The van der Waals surface area contributed by atoms with Gasteiger partial charge in [0.2, 0.25) is 11.1 Å². The van der Waals surface area contributed by atoms with Crippen LogP contribution in [0.5, 0.6) is 0 Å². The molecule has 1 aliphatic heterocycles. The molecule has 2 heterocycles. The number of H-pyrrole nitrogens is 1. The molecular formula is C31H36N5+. The summed E-state index contributed by atoms with van der Waals surface area (Å²) in [5.74, 6) is 0. The zero-order valence-electron chi connectivity index (χ0n) is 22.6. The van der Waals surface area contributed by atoms with Crippen LogP contribution in [0, 0.1) is 6.92 Å². The van der Waals surface area contributed by atoms with E-state index in [1.807, 2.05) is 0 Å². The van der Waals surface area contributed by atoms with Crippen molar-refractivity contribution in [2.75, 3.05) is 57.0 Å². The molecule has 0 bridgehead atoms. The van der Waals surface area contributed by atoms with E-state index in [1.54, 1.807) is 0 Å². The van der Waals surface area contributed by atoms with Gasteiger partial charge < -0.3 is 19.7 Å². The molecule has 1 aliphatic rings. The summed E-state index contributed by atoms with van der Waals surface area (Å²) in [7, 11) is 12.5. The Morgan fingerprint density at radius 1 is 0.694 bits per heavy atom. The molecule has 0 spiro atoms. The lowest BCUT2D eigenvalue weighted by atomic mass is 9.94. The average Bonchev–Trinajstić information content (AvgIpc) is 3.35. The number of anilines is 3. The van der Waals surface area contributed by atoms with E-state index in [9.17, 15) is 0 Å². The minimum atomic E-state index is 1.15. The number of aromatic nitrogens is 1. The molecule has 5 rings (SSSR count). The standard InChI is InChI=1S/C31H35N5/c1-19-25-15-13-23(35(5)6)17-27(25)32-30(19)29(21-9-11-22(12-10-21)34(3)4)31-20(2)26-16-14-24(36(7)8)18-28(26)33-31/h9-18,32H,1-8H3/p+1. The first-order valence-corrected chi connectivity index (χ1v) is 12.4. The van der Waals surface area contributed by atoms with Crippen LogP contribution in [0.1, 0.15) is 23.7 Å². The third-order valence-electron chi connectivity index (χ3n) is 7.29. The molecule has 3 aromatic carbocycles. The van der Waals surface area contributed by atoms with Crippen LogP contribution in [0.25, 0.3) is 22.0 Å². The van der Waals surface area contributed by atoms with Crippen molar-refractivity contribution in [1.82, 2.24) is 4.98 Å². The molecule has 2 N–H and O–H groups in total. The summed E-state index contributed by atoms with van der Waals surface area (Å²) in [6, 6.07) is 22.2. The second kappa shape index (κ2) is 8.90. The lowest BCUT2D eigenvalue weighted by Gasteiger charge is -2.14. The largest absolute Gasteiger partial charge is 0.378 e. The number of hydrogen-bond donors (Lipinski definition) is 2. The van der Waals surface area contributed by atoms with Gasteiger partial charge in [0.25, 0.3) is 0 Å². The number of benzene rings is 3. The van der Waals surface area contributed by atoms with E-state index in [-0.39, 0.29) is 0 Å². The van der Waals surface area contributed by atoms with Gasteiger partial charge >= 0.3 is 0 Å². The fourth-order valence-corrected chi connectivity index (χ4v) is 5.05. The van der Waals surface area contributed by atoms with E-state index in [2.05, 4.69) is 141 Å². The molecule has 0 radical (unpaired) electrons. The molecule has 0 amide bonds. The Morgan fingerprint density at radius 2 is 1.28 bits per heavy atom. The average molecular weight is 479 g/mol. The predicted octanol–water partition coefficient (Wildman–Crippen LogP) is 3.02. The number of aryl methyl sites for hydroxylation is 1. The van der Waals surface area contributed by atoms with Crippen molar-refractivity contribution in [3.63, 3.8) is 0 Å². The molecule has 0 saturated heterocycles. The van der Waals surface area contributed by atoms with Gasteiger partial charge in [-0.05, 0) is 61.4 Å². The van der Waals surface area contributed by atoms with Crippen LogP contribution < -0.4 is 30.3 Å². The Balaban J connectivity index is 1.81. The number of nitrogens with zero attached hydrogens (tertiary/aromatic N) is 3. The number of fused-ring (bicyclic) bond motifs is 2. The fraction of sp³-hybridized carbons (Fsp3) is 0.258. The van der Waals surface area contributed by atoms with Crippen LogP contribution in [0.15, 0.2) is 66.4 Å². The molecule has 4 aromatic rings. The zero-order chi connectivity index (χ0) is 25.7. The number of nitrogens with one attached hydrogen (secondary N) is 2. The number of hydrogen-bond acceptors (Lipinski definition) is 3. The number of aromatic amines is 1. The van der Waals surface area contributed by atoms with Crippen molar-refractivity contribution in [2.24, 2.45) is 0 Å². The Labute approximate surface area is 213 Å². The molecule has 184 valence electrons. The predicted molar refractivity (Wildman–Crippen MR) is 153 cm³/mol. The van der Waals surface area contributed by atoms with Crippen molar-refractivity contribution in [1.29, 1.82) is 0 Å². The van der Waals surface area contributed by atoms with E-state index in [4.69, 9.17) is 0 Å². The molecule has 0 fully saturated rings. The van der Waals surface area contributed by atoms with Crippen LogP contribution in [-0.2, 0) is 0 Å². The van der Waals surface area contributed by atoms with Gasteiger partial charge in [-0.15, -0.1) is 0 Å². The van der Waals surface area contributed by atoms with Gasteiger partial charge in [0.15, 0.2) is 0 Å². The first kappa shape index (κ1) is 23.7. The first-order chi connectivity index (χ1) is 17.2. The summed E-state index contributed by atoms with van der Waals surface area (Å²) in [6.45, 7) is 4.44. The molecule has 5 heteroatoms. The normalized spacial score (nSPS) is 14.1. The van der Waals surface area contributed by atoms with Crippen LogP contribution in [-0.4, -0.2) is 47.3 Å². The maximum atomic E-state index is 3.79. The van der Waals surface area contributed by atoms with Crippen molar-refractivity contribution < 1.29 is 4.99 Å². The second-order valence-corrected chi connectivity index (χ2v) is 10.3. The smallest absolute Gasteiger partial charge is 0.217 e. The highest BCUT2D eigenvalue weighted by Crippen LogP contribution is 2.35. The SMILES string of the molecule is CC1=c2ccc(N(C)C)cc2=[NH+]C1=C(c1ccc(N(C)C)cc1)c1[nH]c2cc(N(C)C)ccc2c1C. The van der Waals surface area contributed by atoms with Gasteiger partial charge in [0, 0.05) is 81.9 Å². The number of allylic oxidation sites excluding steroid dienone is 1. The van der Waals surface area contributed by atoms with Gasteiger partial charge in [-0.1, -0.05) is 18.2 Å². The molecule has 5 nitrogen and oxygen atoms in total. The Hall–Kier alpha value is -3.99. The van der Waals surface area contributed by atoms with E-state index in [0.29, 0.717) is 0 Å². The summed E-state index contributed by atoms with van der Waals surface area (Å²) in [6.07, 6.45) is 0. The molecule has 36 heavy (non-hydrogen) atoms. The maximum absolute atomic E-state index is 3.79. The summed E-state index contributed by atoms with van der Waals surface area (Å²) in [5.41, 5.74) is 11.9. The first-order valence-electron chi connectivity index (χ1n) is 12.4. The quantitative estimate of drug-likeness (QED) is 0.463. The molecule has 0 aliphatic carbocycles. The van der Waals surface area contributed by atoms with Gasteiger partial charge in [0.05, 0.1) is 16.5 Å². The summed E-state index contributed by atoms with van der Waals surface area (Å²) in [4.78, 5) is 14.0. The van der Waals surface area contributed by atoms with E-state index >= 15 is 0 Å². The van der Waals surface area contributed by atoms with Gasteiger partial charge in [-0.2, -0.15) is 0 Å². The monoisotopic (exact) mass is 478 g/mol. The van der Waals surface area contributed by atoms with E-state index < -0.39 is 0 Å². The topological polar surface area (TPSA) is 39.5 Å². The maximum Gasteiger partial charge on any atom is 0.217 e. The lowest BCUT2D eigenvalue weighted by molar-refractivity contribution is -0.431. The second-order valence-electron chi connectivity index (χ2n) is 10.3. The van der Waals surface area contributed by atoms with Gasteiger partial charge in [-0.25, -0.2) is 4.99 Å². The third-order valence-corrected chi connectivity index (χ3v) is 7.29. The van der Waals surface area contributed by atoms with Crippen LogP contribution >= 0.6 is 0 Å². The van der Waals surface area contributed by atoms with Crippen molar-refractivity contribution >= 4 is 39.1 Å². The molecular weight excluding hydrogens is 442 g/mol. The van der Waals surface area contributed by atoms with Gasteiger partial charge in [0.1, 0.15) is 0 Å². The van der Waals surface area contributed by atoms with Crippen molar-refractivity contribution in [3.8, 4) is 0 Å². The third kappa shape index (κ3) is 3.95. The highest BCUT2D eigenvalue weighted by atomic mass is 15.1. The minimum absolute atomic E-state index is 1.15. The van der Waals surface area contributed by atoms with Crippen LogP contribution in [0.2, 0.25) is 0 Å². The summed E-state index contributed by atoms with van der Waals surface area (Å²) < 4.78 is 0. The summed E-state index contributed by atoms with van der Waals surface area (Å²) >= 11 is 0. The van der Waals surface area contributed by atoms with Crippen LogP contribution in [0.4, 0.5) is 17.1 Å². The molecule has 0 unspecified atom stereocenters. The van der Waals surface area contributed by atoms with E-state index in [0.717, 1.165) is 22.3 Å². The Morgan fingerprint density at radius 3 is 1.92 bits per heavy atom. The summed E-state index contributed by atoms with van der Waals surface area (Å²) in [5, 5.41) is 3.66. The highest BCUT2D eigenvalue weighted by molar-refractivity contribution is 5.96. The Kier molecular flexibility index (Phi) is 5.87. The van der Waals surface area contributed by atoms with Crippen LogP contribution in [0.3, 0.4) is 0 Å². The Bertz CT molecular complexity index is 1620. The number of rotatable bonds is 5. The molecule has 0 saturated carbocycles. The van der Waals surface area contributed by atoms with Crippen molar-refractivity contribution in [2.45, 2.75) is 13.8 Å². The highest BCUT2D eigenvalue weighted by Gasteiger charge is 2.26. The van der Waals surface area contributed by atoms with Gasteiger partial charge in [-0.3, -0.25) is 0 Å². The lowest BCUT2D eigenvalue weighted by Crippen LogP contribution is -2.74.